The van der Waals surface area contributed by atoms with Crippen LogP contribution in [-0.2, 0) is 29.2 Å². The molecule has 3 aromatic carbocycles. The van der Waals surface area contributed by atoms with Gasteiger partial charge in [0.25, 0.3) is 0 Å². The highest BCUT2D eigenvalue weighted by molar-refractivity contribution is 7.92. The molecule has 0 aliphatic heterocycles. The molecule has 2 atom stereocenters. The Bertz CT molecular complexity index is 1650. The van der Waals surface area contributed by atoms with Gasteiger partial charge in [0.15, 0.2) is 0 Å². The van der Waals surface area contributed by atoms with E-state index in [1.54, 1.807) is 34.9 Å². The van der Waals surface area contributed by atoms with Gasteiger partial charge in [-0.3, -0.25) is 4.72 Å². The quantitative estimate of drug-likeness (QED) is 0.195. The number of carbonyl (C=O) groups is 1. The molecule has 1 heterocycles. The number of hydrogen-bond acceptors (Lipinski definition) is 5. The van der Waals surface area contributed by atoms with E-state index in [-0.39, 0.29) is 30.4 Å². The average molecular weight is 590 g/mol. The molecule has 0 saturated heterocycles. The number of rotatable bonds is 11. The number of nitrogens with zero attached hydrogens (tertiary/aromatic N) is 1. The number of nitrogens with one attached hydrogen (secondary N) is 2. The van der Waals surface area contributed by atoms with Crippen LogP contribution in [0.4, 0.5) is 18.9 Å². The van der Waals surface area contributed by atoms with Gasteiger partial charge in [-0.1, -0.05) is 30.3 Å². The summed E-state index contributed by atoms with van der Waals surface area (Å²) in [6.07, 6.45) is -4.02. The molecule has 12 heteroatoms. The molecule has 0 aliphatic carbocycles. The van der Waals surface area contributed by atoms with Gasteiger partial charge in [0.1, 0.15) is 5.69 Å². The molecule has 0 bridgehead atoms. The number of fused-ring (bicyclic) bond motifs is 1. The first kappa shape index (κ1) is 30.1. The van der Waals surface area contributed by atoms with E-state index in [0.29, 0.717) is 17.6 Å². The lowest BCUT2D eigenvalue weighted by Crippen LogP contribution is -2.32. The van der Waals surface area contributed by atoms with Crippen molar-refractivity contribution in [1.29, 1.82) is 0 Å². The van der Waals surface area contributed by atoms with Gasteiger partial charge in [0, 0.05) is 35.7 Å². The van der Waals surface area contributed by atoms with Crippen molar-refractivity contribution in [2.24, 2.45) is 0 Å². The van der Waals surface area contributed by atoms with E-state index in [2.05, 4.69) is 10.0 Å². The molecule has 218 valence electrons. The number of hydrogen-bond donors (Lipinski definition) is 4. The fraction of sp³-hybridized carbons (Fsp3) is 0.276. The number of aromatic carboxylic acids is 1. The number of carboxylic acids is 1. The van der Waals surface area contributed by atoms with Gasteiger partial charge in [-0.2, -0.15) is 13.2 Å². The van der Waals surface area contributed by atoms with Crippen LogP contribution in [0.5, 0.6) is 0 Å². The van der Waals surface area contributed by atoms with E-state index >= 15 is 0 Å². The number of carboxylic acid groups (broad SMARTS) is 1. The summed E-state index contributed by atoms with van der Waals surface area (Å²) < 4.78 is 65.9. The van der Waals surface area contributed by atoms with Crippen LogP contribution >= 0.6 is 0 Å². The highest BCUT2D eigenvalue weighted by Gasteiger charge is 2.30. The Balaban J connectivity index is 1.45. The standard InChI is InChI=1S/C29H30F3N3O5S/c1-18(33-16-27(36)21-4-3-5-23(14-21)29(30,31)32)12-20-8-11-25-22(13-20)15-26(28(37)38)35(25)17-19-6-9-24(10-7-19)34-41(2,39)40/h3-11,13-15,18,27,33-34,36H,12,16-17H2,1-2H3,(H,37,38). The van der Waals surface area contributed by atoms with Crippen molar-refractivity contribution >= 4 is 32.6 Å². The largest absolute Gasteiger partial charge is 0.477 e. The van der Waals surface area contributed by atoms with E-state index in [4.69, 9.17) is 0 Å². The van der Waals surface area contributed by atoms with Crippen LogP contribution in [-0.4, -0.2) is 48.0 Å². The maximum Gasteiger partial charge on any atom is 0.416 e. The molecule has 0 saturated carbocycles. The second-order valence-corrected chi connectivity index (χ2v) is 11.8. The highest BCUT2D eigenvalue weighted by atomic mass is 32.2. The summed E-state index contributed by atoms with van der Waals surface area (Å²) in [6.45, 7) is 2.21. The predicted octanol–water partition coefficient (Wildman–Crippen LogP) is 5.03. The Morgan fingerprint density at radius 1 is 1.00 bits per heavy atom. The second-order valence-electron chi connectivity index (χ2n) is 10.0. The first-order valence-corrected chi connectivity index (χ1v) is 14.6. The number of halogens is 3. The van der Waals surface area contributed by atoms with Gasteiger partial charge in [0.2, 0.25) is 10.0 Å². The summed E-state index contributed by atoms with van der Waals surface area (Å²) in [5.74, 6) is -1.09. The van der Waals surface area contributed by atoms with Crippen LogP contribution in [0.2, 0.25) is 0 Å². The van der Waals surface area contributed by atoms with E-state index in [1.165, 1.54) is 12.1 Å². The summed E-state index contributed by atoms with van der Waals surface area (Å²) in [6, 6.07) is 18.3. The number of aromatic nitrogens is 1. The van der Waals surface area contributed by atoms with Crippen molar-refractivity contribution < 1.29 is 36.6 Å². The predicted molar refractivity (Wildman–Crippen MR) is 150 cm³/mol. The third kappa shape index (κ3) is 7.87. The summed E-state index contributed by atoms with van der Waals surface area (Å²) >= 11 is 0. The van der Waals surface area contributed by atoms with Crippen LogP contribution in [0.3, 0.4) is 0 Å². The zero-order valence-corrected chi connectivity index (χ0v) is 23.1. The van der Waals surface area contributed by atoms with Crippen molar-refractivity contribution in [3.8, 4) is 0 Å². The maximum absolute atomic E-state index is 13.0. The molecule has 0 spiro atoms. The van der Waals surface area contributed by atoms with E-state index in [1.807, 2.05) is 25.1 Å². The number of aliphatic hydroxyl groups is 1. The van der Waals surface area contributed by atoms with E-state index in [0.717, 1.165) is 34.9 Å². The van der Waals surface area contributed by atoms with Gasteiger partial charge in [-0.25, -0.2) is 13.2 Å². The zero-order valence-electron chi connectivity index (χ0n) is 22.3. The Morgan fingerprint density at radius 2 is 1.68 bits per heavy atom. The van der Waals surface area contributed by atoms with Crippen molar-refractivity contribution in [2.75, 3.05) is 17.5 Å². The molecule has 0 radical (unpaired) electrons. The second kappa shape index (κ2) is 11.9. The van der Waals surface area contributed by atoms with Gasteiger partial charge in [-0.15, -0.1) is 0 Å². The molecule has 4 aromatic rings. The summed E-state index contributed by atoms with van der Waals surface area (Å²) in [4.78, 5) is 12.0. The summed E-state index contributed by atoms with van der Waals surface area (Å²) in [5.41, 5.74) is 2.27. The van der Waals surface area contributed by atoms with Gasteiger partial charge in [0.05, 0.1) is 17.9 Å². The Morgan fingerprint density at radius 3 is 2.32 bits per heavy atom. The lowest BCUT2D eigenvalue weighted by molar-refractivity contribution is -0.137. The average Bonchev–Trinajstić information content (AvgIpc) is 3.25. The molecule has 2 unspecified atom stereocenters. The van der Waals surface area contributed by atoms with Crippen LogP contribution < -0.4 is 10.0 Å². The minimum absolute atomic E-state index is 0.0583. The third-order valence-corrected chi connectivity index (χ3v) is 7.19. The number of benzene rings is 3. The van der Waals surface area contributed by atoms with Gasteiger partial charge >= 0.3 is 12.1 Å². The van der Waals surface area contributed by atoms with Crippen molar-refractivity contribution in [3.05, 3.63) is 101 Å². The molecule has 0 aliphatic rings. The lowest BCUT2D eigenvalue weighted by atomic mass is 10.0. The third-order valence-electron chi connectivity index (χ3n) is 6.58. The van der Waals surface area contributed by atoms with E-state index < -0.39 is 33.8 Å². The molecule has 8 nitrogen and oxygen atoms in total. The lowest BCUT2D eigenvalue weighted by Gasteiger charge is -2.18. The molecule has 0 fully saturated rings. The Hall–Kier alpha value is -3.87. The van der Waals surface area contributed by atoms with E-state index in [9.17, 15) is 36.6 Å². The Kier molecular flexibility index (Phi) is 8.76. The minimum atomic E-state index is -4.49. The SMILES string of the molecule is CC(Cc1ccc2c(c1)cc(C(=O)O)n2Cc1ccc(NS(C)(=O)=O)cc1)NCC(O)c1cccc(C(F)(F)F)c1. The number of sulfonamides is 1. The van der Waals surface area contributed by atoms with Crippen LogP contribution in [0.25, 0.3) is 10.9 Å². The molecule has 41 heavy (non-hydrogen) atoms. The zero-order chi connectivity index (χ0) is 29.9. The monoisotopic (exact) mass is 589 g/mol. The topological polar surface area (TPSA) is 121 Å². The molecular weight excluding hydrogens is 559 g/mol. The van der Waals surface area contributed by atoms with Crippen molar-refractivity contribution in [1.82, 2.24) is 9.88 Å². The summed E-state index contributed by atoms with van der Waals surface area (Å²) in [7, 11) is -3.41. The number of alkyl halides is 3. The summed E-state index contributed by atoms with van der Waals surface area (Å²) in [5, 5.41) is 24.1. The molecule has 4 rings (SSSR count). The van der Waals surface area contributed by atoms with Crippen LogP contribution in [0.1, 0.15) is 45.8 Å². The minimum Gasteiger partial charge on any atom is -0.477 e. The molecule has 0 amide bonds. The number of anilines is 1. The van der Waals surface area contributed by atoms with Crippen LogP contribution in [0.15, 0.2) is 72.8 Å². The number of aliphatic hydroxyl groups excluding tert-OH is 1. The Labute approximate surface area is 235 Å². The first-order chi connectivity index (χ1) is 19.2. The fourth-order valence-corrected chi connectivity index (χ4v) is 5.21. The maximum atomic E-state index is 13.0. The highest BCUT2D eigenvalue weighted by Crippen LogP contribution is 2.31. The van der Waals surface area contributed by atoms with Gasteiger partial charge in [-0.05, 0) is 72.5 Å². The normalized spacial score (nSPS) is 13.7. The van der Waals surface area contributed by atoms with Crippen molar-refractivity contribution in [3.63, 3.8) is 0 Å². The molecular formula is C29H30F3N3O5S. The fourth-order valence-electron chi connectivity index (χ4n) is 4.65. The first-order valence-electron chi connectivity index (χ1n) is 12.7. The van der Waals surface area contributed by atoms with Gasteiger partial charge < -0.3 is 20.1 Å². The van der Waals surface area contributed by atoms with Crippen LogP contribution in [0, 0.1) is 0 Å². The molecule has 1 aromatic heterocycles. The van der Waals surface area contributed by atoms with Crippen molar-refractivity contribution in [2.45, 2.75) is 38.2 Å². The smallest absolute Gasteiger partial charge is 0.416 e. The molecule has 4 N–H and O–H groups in total.